The van der Waals surface area contributed by atoms with E-state index in [1.54, 1.807) is 24.4 Å². The highest BCUT2D eigenvalue weighted by Gasteiger charge is 2.23. The van der Waals surface area contributed by atoms with Crippen LogP contribution in [0.4, 0.5) is 10.6 Å². The summed E-state index contributed by atoms with van der Waals surface area (Å²) in [5.41, 5.74) is 0.900. The van der Waals surface area contributed by atoms with Gasteiger partial charge in [0.05, 0.1) is 0 Å². The van der Waals surface area contributed by atoms with Crippen LogP contribution in [0.25, 0.3) is 0 Å². The molecule has 0 bridgehead atoms. The molecule has 0 aliphatic heterocycles. The molecule has 2 amide bonds. The Balaban J connectivity index is 1.92. The molecule has 6 nitrogen and oxygen atoms in total. The molecule has 2 aromatic rings. The first kappa shape index (κ1) is 18.4. The van der Waals surface area contributed by atoms with Gasteiger partial charge in [-0.3, -0.25) is 5.32 Å². The van der Waals surface area contributed by atoms with E-state index in [2.05, 4.69) is 15.6 Å². The lowest BCUT2D eigenvalue weighted by atomic mass is 10.0. The van der Waals surface area contributed by atoms with Gasteiger partial charge in [-0.05, 0) is 30.0 Å². The first-order valence-corrected chi connectivity index (χ1v) is 8.23. The SMILES string of the molecule is CC(C)C[C@H](NC(=O)Nc1ccccn1)C(=O)OCc1ccccc1. The summed E-state index contributed by atoms with van der Waals surface area (Å²) in [5.74, 6) is 0.194. The predicted molar refractivity (Wildman–Crippen MR) is 95.9 cm³/mol. The smallest absolute Gasteiger partial charge is 0.329 e. The summed E-state index contributed by atoms with van der Waals surface area (Å²) >= 11 is 0. The number of pyridine rings is 1. The van der Waals surface area contributed by atoms with E-state index in [1.165, 1.54) is 0 Å². The number of esters is 1. The second-order valence-corrected chi connectivity index (χ2v) is 6.09. The Hall–Kier alpha value is -2.89. The Bertz CT molecular complexity index is 675. The fraction of sp³-hybridized carbons (Fsp3) is 0.316. The average Bonchev–Trinajstić information content (AvgIpc) is 2.60. The van der Waals surface area contributed by atoms with Crippen molar-refractivity contribution in [3.8, 4) is 0 Å². The number of rotatable bonds is 7. The number of carbonyl (C=O) groups excluding carboxylic acids is 2. The summed E-state index contributed by atoms with van der Waals surface area (Å²) < 4.78 is 5.35. The molecule has 25 heavy (non-hydrogen) atoms. The molecule has 132 valence electrons. The molecule has 0 aliphatic carbocycles. The average molecular weight is 341 g/mol. The van der Waals surface area contributed by atoms with E-state index in [0.29, 0.717) is 12.2 Å². The van der Waals surface area contributed by atoms with Gasteiger partial charge in [0.25, 0.3) is 0 Å². The van der Waals surface area contributed by atoms with Gasteiger partial charge >= 0.3 is 12.0 Å². The Morgan fingerprint density at radius 3 is 2.44 bits per heavy atom. The van der Waals surface area contributed by atoms with Gasteiger partial charge in [0.15, 0.2) is 0 Å². The Morgan fingerprint density at radius 1 is 1.08 bits per heavy atom. The molecule has 0 fully saturated rings. The minimum atomic E-state index is -0.715. The summed E-state index contributed by atoms with van der Waals surface area (Å²) in [6.07, 6.45) is 2.07. The molecule has 0 saturated carbocycles. The number of hydrogen-bond donors (Lipinski definition) is 2. The van der Waals surface area contributed by atoms with Crippen molar-refractivity contribution in [1.29, 1.82) is 0 Å². The molecule has 2 N–H and O–H groups in total. The van der Waals surface area contributed by atoms with Crippen molar-refractivity contribution in [2.75, 3.05) is 5.32 Å². The van der Waals surface area contributed by atoms with Gasteiger partial charge in [0.2, 0.25) is 0 Å². The highest BCUT2D eigenvalue weighted by molar-refractivity contribution is 5.91. The third-order valence-electron chi connectivity index (χ3n) is 3.43. The zero-order valence-electron chi connectivity index (χ0n) is 14.4. The van der Waals surface area contributed by atoms with Crippen LogP contribution in [0.3, 0.4) is 0 Å². The van der Waals surface area contributed by atoms with Crippen LogP contribution in [0.1, 0.15) is 25.8 Å². The van der Waals surface area contributed by atoms with Gasteiger partial charge in [0, 0.05) is 6.20 Å². The van der Waals surface area contributed by atoms with Crippen LogP contribution in [0.2, 0.25) is 0 Å². The van der Waals surface area contributed by atoms with Crippen molar-refractivity contribution < 1.29 is 14.3 Å². The Morgan fingerprint density at radius 2 is 1.80 bits per heavy atom. The topological polar surface area (TPSA) is 80.3 Å². The summed E-state index contributed by atoms with van der Waals surface area (Å²) in [7, 11) is 0. The number of anilines is 1. The standard InChI is InChI=1S/C19H23N3O3/c1-14(2)12-16(18(23)25-13-15-8-4-3-5-9-15)21-19(24)22-17-10-6-7-11-20-17/h3-11,14,16H,12-13H2,1-2H3,(H2,20,21,22,24)/t16-/m0/s1. The van der Waals surface area contributed by atoms with Crippen LogP contribution < -0.4 is 10.6 Å². The number of nitrogens with zero attached hydrogens (tertiary/aromatic N) is 1. The number of hydrogen-bond acceptors (Lipinski definition) is 4. The van der Waals surface area contributed by atoms with Crippen LogP contribution >= 0.6 is 0 Å². The van der Waals surface area contributed by atoms with Crippen molar-refractivity contribution in [1.82, 2.24) is 10.3 Å². The first-order valence-electron chi connectivity index (χ1n) is 8.23. The number of carbonyl (C=O) groups is 2. The molecule has 2 rings (SSSR count). The molecule has 0 unspecified atom stereocenters. The molecule has 1 heterocycles. The van der Waals surface area contributed by atoms with Crippen LogP contribution in [0.15, 0.2) is 54.7 Å². The second kappa shape index (κ2) is 9.42. The third-order valence-corrected chi connectivity index (χ3v) is 3.43. The molecule has 0 spiro atoms. The number of nitrogens with one attached hydrogen (secondary N) is 2. The van der Waals surface area contributed by atoms with Crippen molar-refractivity contribution in [2.45, 2.75) is 32.9 Å². The minimum Gasteiger partial charge on any atom is -0.459 e. The Labute approximate surface area is 147 Å². The van der Waals surface area contributed by atoms with E-state index in [4.69, 9.17) is 4.74 Å². The summed E-state index contributed by atoms with van der Waals surface area (Å²) in [4.78, 5) is 28.5. The van der Waals surface area contributed by atoms with Gasteiger partial charge in [0.1, 0.15) is 18.5 Å². The van der Waals surface area contributed by atoms with Crippen molar-refractivity contribution in [3.05, 3.63) is 60.3 Å². The van der Waals surface area contributed by atoms with E-state index in [-0.39, 0.29) is 12.5 Å². The fourth-order valence-electron chi connectivity index (χ4n) is 2.26. The fourth-order valence-corrected chi connectivity index (χ4v) is 2.26. The van der Waals surface area contributed by atoms with Crippen molar-refractivity contribution in [3.63, 3.8) is 0 Å². The highest BCUT2D eigenvalue weighted by atomic mass is 16.5. The molecule has 1 atom stereocenters. The zero-order chi connectivity index (χ0) is 18.1. The number of ether oxygens (including phenoxy) is 1. The zero-order valence-corrected chi connectivity index (χ0v) is 14.4. The molecule has 0 radical (unpaired) electrons. The van der Waals surface area contributed by atoms with Gasteiger partial charge in [-0.25, -0.2) is 14.6 Å². The maximum absolute atomic E-state index is 12.4. The minimum absolute atomic E-state index is 0.178. The van der Waals surface area contributed by atoms with Crippen LogP contribution in [0.5, 0.6) is 0 Å². The monoisotopic (exact) mass is 341 g/mol. The lowest BCUT2D eigenvalue weighted by molar-refractivity contribution is -0.147. The van der Waals surface area contributed by atoms with Gasteiger partial charge in [-0.2, -0.15) is 0 Å². The molecular formula is C19H23N3O3. The van der Waals surface area contributed by atoms with E-state index >= 15 is 0 Å². The van der Waals surface area contributed by atoms with Crippen molar-refractivity contribution >= 4 is 17.8 Å². The maximum atomic E-state index is 12.4. The molecule has 1 aromatic carbocycles. The molecule has 6 heteroatoms. The lowest BCUT2D eigenvalue weighted by Crippen LogP contribution is -2.44. The summed E-state index contributed by atoms with van der Waals surface area (Å²) in [6, 6.07) is 13.4. The molecular weight excluding hydrogens is 318 g/mol. The van der Waals surface area contributed by atoms with E-state index in [9.17, 15) is 9.59 Å². The summed E-state index contributed by atoms with van der Waals surface area (Å²) in [6.45, 7) is 4.14. The Kier molecular flexibility index (Phi) is 6.95. The quantitative estimate of drug-likeness (QED) is 0.757. The number of benzene rings is 1. The van der Waals surface area contributed by atoms with E-state index < -0.39 is 18.0 Å². The van der Waals surface area contributed by atoms with Crippen LogP contribution in [-0.4, -0.2) is 23.0 Å². The first-order chi connectivity index (χ1) is 12.0. The maximum Gasteiger partial charge on any atom is 0.329 e. The molecule has 1 aromatic heterocycles. The van der Waals surface area contributed by atoms with Gasteiger partial charge in [-0.15, -0.1) is 0 Å². The van der Waals surface area contributed by atoms with E-state index in [1.807, 2.05) is 44.2 Å². The predicted octanol–water partition coefficient (Wildman–Crippen LogP) is 3.36. The normalized spacial score (nSPS) is 11.6. The van der Waals surface area contributed by atoms with Crippen LogP contribution in [-0.2, 0) is 16.1 Å². The van der Waals surface area contributed by atoms with Crippen molar-refractivity contribution in [2.24, 2.45) is 5.92 Å². The highest BCUT2D eigenvalue weighted by Crippen LogP contribution is 2.09. The number of aromatic nitrogens is 1. The number of amides is 2. The van der Waals surface area contributed by atoms with Gasteiger partial charge in [-0.1, -0.05) is 50.2 Å². The lowest BCUT2D eigenvalue weighted by Gasteiger charge is -2.19. The second-order valence-electron chi connectivity index (χ2n) is 6.09. The van der Waals surface area contributed by atoms with E-state index in [0.717, 1.165) is 5.56 Å². The summed E-state index contributed by atoms with van der Waals surface area (Å²) in [5, 5.41) is 5.27. The molecule has 0 aliphatic rings. The largest absolute Gasteiger partial charge is 0.459 e. The van der Waals surface area contributed by atoms with Crippen LogP contribution in [0, 0.1) is 5.92 Å². The number of urea groups is 1. The van der Waals surface area contributed by atoms with Gasteiger partial charge < -0.3 is 10.1 Å². The third kappa shape index (κ3) is 6.63. The molecule has 0 saturated heterocycles.